The molecule has 0 radical (unpaired) electrons. The highest BCUT2D eigenvalue weighted by molar-refractivity contribution is 6.03. The fraction of sp³-hybridized carbons (Fsp3) is 0.130. The summed E-state index contributed by atoms with van der Waals surface area (Å²) in [5.41, 5.74) is 3.33. The van der Waals surface area contributed by atoms with E-state index >= 15 is 0 Å². The first-order valence-electron chi connectivity index (χ1n) is 9.38. The van der Waals surface area contributed by atoms with Crippen molar-refractivity contribution in [3.05, 3.63) is 83.0 Å². The average Bonchev–Trinajstić information content (AvgIpc) is 3.44. The summed E-state index contributed by atoms with van der Waals surface area (Å²) in [5, 5.41) is 18.5. The third-order valence-electron chi connectivity index (χ3n) is 4.59. The van der Waals surface area contributed by atoms with E-state index in [2.05, 4.69) is 10.2 Å². The topological polar surface area (TPSA) is 89.6 Å². The molecule has 0 aliphatic rings. The number of aromatic nitrogens is 4. The van der Waals surface area contributed by atoms with E-state index in [0.29, 0.717) is 28.4 Å². The molecule has 0 N–H and O–H groups in total. The number of benzene rings is 1. The van der Waals surface area contributed by atoms with E-state index in [-0.39, 0.29) is 5.57 Å². The summed E-state index contributed by atoms with van der Waals surface area (Å²) in [4.78, 5) is 12.9. The minimum atomic E-state index is -0.489. The number of nitriles is 1. The first-order chi connectivity index (χ1) is 14.5. The monoisotopic (exact) mass is 397 g/mol. The molecule has 0 spiro atoms. The molecule has 0 fully saturated rings. The number of carbonyl (C=O) groups is 1. The van der Waals surface area contributed by atoms with Crippen molar-refractivity contribution in [2.45, 2.75) is 20.8 Å². The lowest BCUT2D eigenvalue weighted by molar-refractivity contribution is 0.0943. The maximum Gasteiger partial charge on any atom is 0.289 e. The first kappa shape index (κ1) is 19.2. The Kier molecular flexibility index (Phi) is 4.90. The van der Waals surface area contributed by atoms with Crippen LogP contribution in [0.5, 0.6) is 0 Å². The summed E-state index contributed by atoms with van der Waals surface area (Å²) in [5.74, 6) is 0.815. The van der Waals surface area contributed by atoms with Gasteiger partial charge in [-0.3, -0.25) is 4.79 Å². The molecule has 0 bridgehead atoms. The Labute approximate surface area is 173 Å². The van der Waals surface area contributed by atoms with E-state index in [4.69, 9.17) is 4.42 Å². The zero-order valence-corrected chi connectivity index (χ0v) is 16.8. The third-order valence-corrected chi connectivity index (χ3v) is 4.59. The summed E-state index contributed by atoms with van der Waals surface area (Å²) in [6.07, 6.45) is 3.30. The van der Waals surface area contributed by atoms with E-state index in [1.807, 2.05) is 55.5 Å². The van der Waals surface area contributed by atoms with Gasteiger partial charge in [0.15, 0.2) is 5.76 Å². The zero-order valence-electron chi connectivity index (χ0n) is 16.8. The highest BCUT2D eigenvalue weighted by atomic mass is 16.3. The quantitative estimate of drug-likeness (QED) is 0.374. The third kappa shape index (κ3) is 3.59. The molecule has 3 heterocycles. The van der Waals surface area contributed by atoms with Crippen molar-refractivity contribution in [3.8, 4) is 23.2 Å². The zero-order chi connectivity index (χ0) is 21.3. The van der Waals surface area contributed by atoms with Crippen molar-refractivity contribution in [3.63, 3.8) is 0 Å². The van der Waals surface area contributed by atoms with Crippen LogP contribution < -0.4 is 0 Å². The van der Waals surface area contributed by atoms with Gasteiger partial charge in [0.05, 0.1) is 11.4 Å². The van der Waals surface area contributed by atoms with Gasteiger partial charge in [0.1, 0.15) is 23.1 Å². The van der Waals surface area contributed by atoms with Crippen LogP contribution in [0.1, 0.15) is 27.5 Å². The smallest absolute Gasteiger partial charge is 0.289 e. The predicted molar refractivity (Wildman–Crippen MR) is 112 cm³/mol. The van der Waals surface area contributed by atoms with Crippen LogP contribution in [0.4, 0.5) is 0 Å². The van der Waals surface area contributed by atoms with Crippen molar-refractivity contribution in [1.29, 1.82) is 5.26 Å². The Morgan fingerprint density at radius 2 is 1.87 bits per heavy atom. The molecule has 7 nitrogen and oxygen atoms in total. The van der Waals surface area contributed by atoms with Gasteiger partial charge >= 0.3 is 0 Å². The van der Waals surface area contributed by atoms with Gasteiger partial charge in [0.25, 0.3) is 5.91 Å². The molecular weight excluding hydrogens is 378 g/mol. The molecule has 1 aromatic carbocycles. The van der Waals surface area contributed by atoms with Crippen LogP contribution in [0.15, 0.2) is 64.7 Å². The lowest BCUT2D eigenvalue weighted by Crippen LogP contribution is -2.15. The number of hydrogen-bond donors (Lipinski definition) is 0. The van der Waals surface area contributed by atoms with E-state index < -0.39 is 5.91 Å². The summed E-state index contributed by atoms with van der Waals surface area (Å²) in [7, 11) is 0. The number of furan rings is 1. The number of allylic oxidation sites excluding steroid dienone is 1. The summed E-state index contributed by atoms with van der Waals surface area (Å²) in [6.45, 7) is 5.42. The van der Waals surface area contributed by atoms with Gasteiger partial charge in [-0.25, -0.2) is 9.36 Å². The van der Waals surface area contributed by atoms with Crippen molar-refractivity contribution < 1.29 is 9.21 Å². The standard InChI is InChI=1S/C23H19N5O2/c1-15-11-16(2)28(25-15)23(29)18(13-24)12-19-14-27(20-7-5-4-6-8-20)26-22(19)21-10-9-17(3)30-21/h4-12,14H,1-3H3/b18-12+. The van der Waals surface area contributed by atoms with Crippen LogP contribution in [-0.2, 0) is 0 Å². The molecule has 148 valence electrons. The maximum atomic E-state index is 12.9. The summed E-state index contributed by atoms with van der Waals surface area (Å²) in [6, 6.07) is 17.0. The second kappa shape index (κ2) is 7.68. The number of hydrogen-bond acceptors (Lipinski definition) is 5. The fourth-order valence-corrected chi connectivity index (χ4v) is 3.21. The van der Waals surface area contributed by atoms with Crippen molar-refractivity contribution in [1.82, 2.24) is 19.6 Å². The summed E-state index contributed by atoms with van der Waals surface area (Å²) < 4.78 is 8.69. The molecule has 7 heteroatoms. The van der Waals surface area contributed by atoms with Gasteiger partial charge < -0.3 is 4.42 Å². The highest BCUT2D eigenvalue weighted by Gasteiger charge is 2.19. The van der Waals surface area contributed by atoms with Gasteiger partial charge in [0.2, 0.25) is 0 Å². The SMILES string of the molecule is Cc1cc(C)n(C(=O)/C(C#N)=C/c2cn(-c3ccccc3)nc2-c2ccc(C)o2)n1. The highest BCUT2D eigenvalue weighted by Crippen LogP contribution is 2.27. The van der Waals surface area contributed by atoms with E-state index in [0.717, 1.165) is 11.4 Å². The minimum absolute atomic E-state index is 0.0432. The molecule has 0 aliphatic heterocycles. The van der Waals surface area contributed by atoms with Crippen molar-refractivity contribution in [2.75, 3.05) is 0 Å². The van der Waals surface area contributed by atoms with E-state index in [1.165, 1.54) is 10.8 Å². The second-order valence-corrected chi connectivity index (χ2v) is 6.94. The van der Waals surface area contributed by atoms with Crippen LogP contribution in [0.25, 0.3) is 23.2 Å². The van der Waals surface area contributed by atoms with Crippen LogP contribution in [0.2, 0.25) is 0 Å². The van der Waals surface area contributed by atoms with Crippen LogP contribution in [0.3, 0.4) is 0 Å². The fourth-order valence-electron chi connectivity index (χ4n) is 3.21. The molecule has 30 heavy (non-hydrogen) atoms. The largest absolute Gasteiger partial charge is 0.460 e. The molecule has 0 aliphatic carbocycles. The maximum absolute atomic E-state index is 12.9. The molecule has 0 amide bonds. The van der Waals surface area contributed by atoms with Crippen LogP contribution in [-0.4, -0.2) is 25.5 Å². The predicted octanol–water partition coefficient (Wildman–Crippen LogP) is 4.50. The molecule has 4 rings (SSSR count). The molecule has 0 atom stereocenters. The molecule has 0 saturated heterocycles. The summed E-state index contributed by atoms with van der Waals surface area (Å²) >= 11 is 0. The van der Waals surface area contributed by atoms with Gasteiger partial charge in [-0.1, -0.05) is 18.2 Å². The lowest BCUT2D eigenvalue weighted by Gasteiger charge is -2.01. The first-order valence-corrected chi connectivity index (χ1v) is 9.38. The average molecular weight is 397 g/mol. The van der Waals surface area contributed by atoms with E-state index in [9.17, 15) is 10.1 Å². The lowest BCUT2D eigenvalue weighted by atomic mass is 10.1. The number of aryl methyl sites for hydroxylation is 3. The Morgan fingerprint density at radius 3 is 2.47 bits per heavy atom. The van der Waals surface area contributed by atoms with Crippen molar-refractivity contribution >= 4 is 12.0 Å². The molecular formula is C23H19N5O2. The Hall–Kier alpha value is -4.18. The molecule has 3 aromatic heterocycles. The van der Waals surface area contributed by atoms with Gasteiger partial charge in [-0.05, 0) is 57.2 Å². The minimum Gasteiger partial charge on any atom is -0.460 e. The number of nitrogens with zero attached hydrogens (tertiary/aromatic N) is 5. The van der Waals surface area contributed by atoms with Crippen molar-refractivity contribution in [2.24, 2.45) is 0 Å². The van der Waals surface area contributed by atoms with Crippen LogP contribution >= 0.6 is 0 Å². The number of carbonyl (C=O) groups excluding carboxylic acids is 1. The number of rotatable bonds is 4. The van der Waals surface area contributed by atoms with Gasteiger partial charge in [-0.2, -0.15) is 15.5 Å². The molecule has 0 saturated carbocycles. The second-order valence-electron chi connectivity index (χ2n) is 6.94. The van der Waals surface area contributed by atoms with Gasteiger partial charge in [-0.15, -0.1) is 0 Å². The Morgan fingerprint density at radius 1 is 1.10 bits per heavy atom. The number of para-hydroxylation sites is 1. The molecule has 0 unspecified atom stereocenters. The molecule has 4 aromatic rings. The van der Waals surface area contributed by atoms with E-state index in [1.54, 1.807) is 30.8 Å². The normalized spacial score (nSPS) is 11.5. The Balaban J connectivity index is 1.84. The van der Waals surface area contributed by atoms with Gasteiger partial charge in [0, 0.05) is 17.5 Å². The Bertz CT molecular complexity index is 1300. The van der Waals surface area contributed by atoms with Crippen LogP contribution in [0, 0.1) is 32.1 Å².